The first-order chi connectivity index (χ1) is 12.4. The summed E-state index contributed by atoms with van der Waals surface area (Å²) in [6, 6.07) is 7.85. The van der Waals surface area contributed by atoms with Crippen LogP contribution in [0.3, 0.4) is 0 Å². The normalized spacial score (nSPS) is 20.1. The third-order valence-corrected chi connectivity index (χ3v) is 7.49. The highest BCUT2D eigenvalue weighted by atomic mass is 32.2. The number of ether oxygens (including phenoxy) is 1. The lowest BCUT2D eigenvalue weighted by molar-refractivity contribution is 0.249. The number of rotatable bonds is 5. The van der Waals surface area contributed by atoms with Crippen LogP contribution in [0.4, 0.5) is 0 Å². The lowest BCUT2D eigenvalue weighted by atomic mass is 10.00. The number of nitrogens with zero attached hydrogens (tertiary/aromatic N) is 3. The second-order valence-corrected chi connectivity index (χ2v) is 9.83. The molecule has 0 unspecified atom stereocenters. The Morgan fingerprint density at radius 3 is 2.35 bits per heavy atom. The Bertz CT molecular complexity index is 809. The Morgan fingerprint density at radius 2 is 1.81 bits per heavy atom. The number of piperidine rings is 1. The van der Waals surface area contributed by atoms with E-state index in [4.69, 9.17) is 14.7 Å². The van der Waals surface area contributed by atoms with Crippen molar-refractivity contribution in [3.8, 4) is 5.75 Å². The van der Waals surface area contributed by atoms with Crippen molar-refractivity contribution in [2.45, 2.75) is 32.4 Å². The van der Waals surface area contributed by atoms with Crippen LogP contribution in [0.25, 0.3) is 0 Å². The molecule has 3 rings (SSSR count). The molecule has 0 aliphatic carbocycles. The van der Waals surface area contributed by atoms with E-state index in [1.165, 1.54) is 0 Å². The summed E-state index contributed by atoms with van der Waals surface area (Å²) in [5.74, 6) is 1.86. The van der Waals surface area contributed by atoms with Crippen molar-refractivity contribution in [3.05, 3.63) is 29.8 Å². The van der Waals surface area contributed by atoms with E-state index in [9.17, 15) is 8.42 Å². The molecule has 0 radical (unpaired) electrons. The number of benzene rings is 1. The van der Waals surface area contributed by atoms with Crippen molar-refractivity contribution in [1.29, 1.82) is 0 Å². The van der Waals surface area contributed by atoms with Crippen molar-refractivity contribution in [3.63, 3.8) is 0 Å². The van der Waals surface area contributed by atoms with Gasteiger partial charge in [-0.05, 0) is 36.9 Å². The van der Waals surface area contributed by atoms with E-state index in [0.717, 1.165) is 27.8 Å². The highest BCUT2D eigenvalue weighted by molar-refractivity contribution is 8.15. The zero-order valence-corrected chi connectivity index (χ0v) is 17.1. The summed E-state index contributed by atoms with van der Waals surface area (Å²) < 4.78 is 31.0. The molecule has 0 atom stereocenters. The van der Waals surface area contributed by atoms with E-state index in [2.05, 4.69) is 6.92 Å². The van der Waals surface area contributed by atoms with Crippen LogP contribution in [0.1, 0.15) is 32.3 Å². The quantitative estimate of drug-likeness (QED) is 0.769. The maximum atomic E-state index is 12.1. The number of hydrogen-bond acceptors (Lipinski definition) is 6. The first-order valence-electron chi connectivity index (χ1n) is 8.88. The van der Waals surface area contributed by atoms with Crippen molar-refractivity contribution < 1.29 is 13.2 Å². The van der Waals surface area contributed by atoms with Crippen LogP contribution in [0, 0.1) is 0 Å². The van der Waals surface area contributed by atoms with Gasteiger partial charge in [0.05, 0.1) is 18.6 Å². The third-order valence-electron chi connectivity index (χ3n) is 4.76. The van der Waals surface area contributed by atoms with E-state index in [-0.39, 0.29) is 5.75 Å². The zero-order valence-electron chi connectivity index (χ0n) is 15.4. The first-order valence-corrected chi connectivity index (χ1v) is 11.5. The standard InChI is InChI=1S/C18H25N3O3S2/c1-4-25-17-16(14-6-8-15(24-3)9-7-14)19-18(20-17)10-12-21(13-11-18)26(22,23)5-2/h6-9H,4-5,10-13H2,1-3H3. The molecule has 8 heteroatoms. The fourth-order valence-electron chi connectivity index (χ4n) is 3.23. The van der Waals surface area contributed by atoms with Gasteiger partial charge in [-0.15, -0.1) is 11.8 Å². The van der Waals surface area contributed by atoms with E-state index >= 15 is 0 Å². The zero-order chi connectivity index (χ0) is 18.8. The summed E-state index contributed by atoms with van der Waals surface area (Å²) in [5.41, 5.74) is 1.41. The van der Waals surface area contributed by atoms with Crippen molar-refractivity contribution in [2.24, 2.45) is 9.98 Å². The van der Waals surface area contributed by atoms with E-state index in [1.807, 2.05) is 24.3 Å². The van der Waals surface area contributed by atoms with Crippen LogP contribution in [0.2, 0.25) is 0 Å². The molecule has 2 heterocycles. The molecule has 0 aromatic heterocycles. The van der Waals surface area contributed by atoms with Crippen LogP contribution in [0.5, 0.6) is 5.75 Å². The van der Waals surface area contributed by atoms with Gasteiger partial charge in [0.25, 0.3) is 0 Å². The fraction of sp³-hybridized carbons (Fsp3) is 0.556. The lowest BCUT2D eigenvalue weighted by Gasteiger charge is -2.34. The molecular weight excluding hydrogens is 370 g/mol. The topological polar surface area (TPSA) is 71.3 Å². The predicted octanol–water partition coefficient (Wildman–Crippen LogP) is 2.79. The largest absolute Gasteiger partial charge is 0.497 e. The Kier molecular flexibility index (Phi) is 5.74. The molecule has 1 aromatic carbocycles. The maximum Gasteiger partial charge on any atom is 0.213 e. The molecule has 1 saturated heterocycles. The Hall–Kier alpha value is -1.38. The molecule has 0 bridgehead atoms. The molecule has 2 aliphatic rings. The van der Waals surface area contributed by atoms with E-state index in [1.54, 1.807) is 30.1 Å². The van der Waals surface area contributed by atoms with Crippen molar-refractivity contribution in [2.75, 3.05) is 31.7 Å². The number of sulfonamides is 1. The van der Waals surface area contributed by atoms with Gasteiger partial charge in [0.15, 0.2) is 5.66 Å². The Labute approximate surface area is 159 Å². The van der Waals surface area contributed by atoms with Gasteiger partial charge in [0, 0.05) is 31.5 Å². The van der Waals surface area contributed by atoms with Crippen LogP contribution in [0.15, 0.2) is 34.3 Å². The number of thioether (sulfide) groups is 1. The molecule has 2 aliphatic heterocycles. The van der Waals surface area contributed by atoms with Gasteiger partial charge in [-0.3, -0.25) is 4.99 Å². The van der Waals surface area contributed by atoms with Gasteiger partial charge in [-0.1, -0.05) is 6.92 Å². The molecule has 26 heavy (non-hydrogen) atoms. The summed E-state index contributed by atoms with van der Waals surface area (Å²) >= 11 is 1.69. The summed E-state index contributed by atoms with van der Waals surface area (Å²) in [4.78, 5) is 9.91. The van der Waals surface area contributed by atoms with Gasteiger partial charge >= 0.3 is 0 Å². The number of hydrogen-bond donors (Lipinski definition) is 0. The van der Waals surface area contributed by atoms with E-state index < -0.39 is 15.7 Å². The predicted molar refractivity (Wildman–Crippen MR) is 108 cm³/mol. The monoisotopic (exact) mass is 395 g/mol. The van der Waals surface area contributed by atoms with E-state index in [0.29, 0.717) is 25.9 Å². The smallest absolute Gasteiger partial charge is 0.213 e. The second-order valence-electron chi connectivity index (χ2n) is 6.32. The average molecular weight is 396 g/mol. The molecule has 0 N–H and O–H groups in total. The van der Waals surface area contributed by atoms with Gasteiger partial charge in [0.2, 0.25) is 10.0 Å². The fourth-order valence-corrected chi connectivity index (χ4v) is 5.14. The number of methoxy groups -OCH3 is 1. The van der Waals surface area contributed by atoms with Crippen LogP contribution in [-0.4, -0.2) is 60.8 Å². The van der Waals surface area contributed by atoms with Crippen LogP contribution in [-0.2, 0) is 10.0 Å². The van der Waals surface area contributed by atoms with Gasteiger partial charge < -0.3 is 4.74 Å². The summed E-state index contributed by atoms with van der Waals surface area (Å²) in [6.07, 6.45) is 1.25. The molecular formula is C18H25N3O3S2. The molecule has 1 aromatic rings. The molecule has 0 saturated carbocycles. The van der Waals surface area contributed by atoms with Crippen LogP contribution >= 0.6 is 11.8 Å². The summed E-state index contributed by atoms with van der Waals surface area (Å²) in [7, 11) is -1.50. The first kappa shape index (κ1) is 19.4. The van der Waals surface area contributed by atoms with Gasteiger partial charge in [0.1, 0.15) is 10.8 Å². The van der Waals surface area contributed by atoms with Gasteiger partial charge in [-0.25, -0.2) is 17.7 Å². The van der Waals surface area contributed by atoms with Gasteiger partial charge in [-0.2, -0.15) is 0 Å². The second kappa shape index (κ2) is 7.70. The minimum absolute atomic E-state index is 0.139. The maximum absolute atomic E-state index is 12.1. The SMILES string of the molecule is CCSC1=NC2(CCN(S(=O)(=O)CC)CC2)N=C1c1ccc(OC)cc1. The minimum atomic E-state index is -3.15. The highest BCUT2D eigenvalue weighted by Crippen LogP contribution is 2.36. The molecule has 1 fully saturated rings. The highest BCUT2D eigenvalue weighted by Gasteiger charge is 2.41. The molecule has 6 nitrogen and oxygen atoms in total. The third kappa shape index (κ3) is 3.82. The average Bonchev–Trinajstić information content (AvgIpc) is 3.00. The molecule has 1 spiro atoms. The lowest BCUT2D eigenvalue weighted by Crippen LogP contribution is -2.44. The van der Waals surface area contributed by atoms with Crippen molar-refractivity contribution in [1.82, 2.24) is 4.31 Å². The summed E-state index contributed by atoms with van der Waals surface area (Å²) in [6.45, 7) is 4.73. The molecule has 142 valence electrons. The minimum Gasteiger partial charge on any atom is -0.497 e. The van der Waals surface area contributed by atoms with Crippen LogP contribution < -0.4 is 4.74 Å². The Balaban J connectivity index is 1.86. The summed E-state index contributed by atoms with van der Waals surface area (Å²) in [5, 5.41) is 0.949. The Morgan fingerprint density at radius 1 is 1.15 bits per heavy atom. The van der Waals surface area contributed by atoms with Crippen molar-refractivity contribution >= 4 is 32.5 Å². The number of aliphatic imine (C=N–C) groups is 2. The molecule has 0 amide bonds.